The van der Waals surface area contributed by atoms with E-state index < -0.39 is 0 Å². The van der Waals surface area contributed by atoms with Crippen LogP contribution in [-0.2, 0) is 0 Å². The van der Waals surface area contributed by atoms with Crippen LogP contribution in [0.4, 0.5) is 5.95 Å². The molecule has 3 aliphatic heterocycles. The largest absolute Gasteiger partial charge is 0.382 e. The molecule has 210 valence electrons. The molecular formula is C33H33N9. The zero-order valence-electron chi connectivity index (χ0n) is 23.3. The highest BCUT2D eigenvalue weighted by Gasteiger charge is 2.45. The predicted octanol–water partition coefficient (Wildman–Crippen LogP) is 4.03. The summed E-state index contributed by atoms with van der Waals surface area (Å²) < 4.78 is 0. The van der Waals surface area contributed by atoms with Crippen LogP contribution < -0.4 is 16.0 Å². The first kappa shape index (κ1) is 25.0. The highest BCUT2D eigenvalue weighted by atomic mass is 15.4. The number of benzene rings is 2. The summed E-state index contributed by atoms with van der Waals surface area (Å²) in [6.07, 6.45) is 9.97. The highest BCUT2D eigenvalue weighted by Crippen LogP contribution is 2.42. The van der Waals surface area contributed by atoms with Gasteiger partial charge in [0.25, 0.3) is 0 Å². The summed E-state index contributed by atoms with van der Waals surface area (Å²) in [6, 6.07) is 23.5. The number of nitrogens with zero attached hydrogens (tertiary/aromatic N) is 7. The first-order valence-corrected chi connectivity index (χ1v) is 14.7. The third kappa shape index (κ3) is 4.37. The smallest absolute Gasteiger partial charge is 0.225 e. The summed E-state index contributed by atoms with van der Waals surface area (Å²) in [5.74, 6) is 1.89. The van der Waals surface area contributed by atoms with E-state index in [4.69, 9.17) is 10.7 Å². The van der Waals surface area contributed by atoms with Crippen LogP contribution in [0.25, 0.3) is 27.9 Å². The van der Waals surface area contributed by atoms with E-state index in [0.717, 1.165) is 84.1 Å². The monoisotopic (exact) mass is 555 g/mol. The van der Waals surface area contributed by atoms with Gasteiger partial charge in [0.05, 0.1) is 16.9 Å². The van der Waals surface area contributed by atoms with Crippen LogP contribution in [0.1, 0.15) is 18.4 Å². The van der Waals surface area contributed by atoms with Crippen molar-refractivity contribution < 1.29 is 0 Å². The van der Waals surface area contributed by atoms with Crippen molar-refractivity contribution in [1.29, 1.82) is 0 Å². The molecule has 9 heteroatoms. The van der Waals surface area contributed by atoms with Gasteiger partial charge in [0.1, 0.15) is 17.7 Å². The molecule has 0 bridgehead atoms. The van der Waals surface area contributed by atoms with E-state index in [0.29, 0.717) is 17.8 Å². The lowest BCUT2D eigenvalue weighted by Crippen LogP contribution is -2.58. The van der Waals surface area contributed by atoms with Gasteiger partial charge in [-0.2, -0.15) is 0 Å². The Hall–Kier alpha value is -4.76. The Morgan fingerprint density at radius 2 is 1.62 bits per heavy atom. The van der Waals surface area contributed by atoms with Crippen molar-refractivity contribution in [2.75, 3.05) is 31.1 Å². The molecule has 1 atom stereocenters. The quantitative estimate of drug-likeness (QED) is 0.381. The molecule has 0 amide bonds. The number of nitrogens with two attached hydrogens (primary N) is 1. The van der Waals surface area contributed by atoms with Crippen LogP contribution in [0.3, 0.4) is 0 Å². The number of amidine groups is 1. The fourth-order valence-corrected chi connectivity index (χ4v) is 6.76. The van der Waals surface area contributed by atoms with Crippen LogP contribution in [0.15, 0.2) is 102 Å². The normalized spacial score (nSPS) is 23.9. The number of hydrogen-bond donors (Lipinski definition) is 2. The summed E-state index contributed by atoms with van der Waals surface area (Å²) in [7, 11) is 0. The van der Waals surface area contributed by atoms with Gasteiger partial charge in [-0.3, -0.25) is 4.90 Å². The number of anilines is 1. The van der Waals surface area contributed by atoms with E-state index in [2.05, 4.69) is 83.6 Å². The van der Waals surface area contributed by atoms with Gasteiger partial charge in [0.15, 0.2) is 0 Å². The Kier molecular flexibility index (Phi) is 6.10. The van der Waals surface area contributed by atoms with Crippen molar-refractivity contribution in [3.8, 4) is 11.3 Å². The number of aromatic nitrogens is 3. The van der Waals surface area contributed by atoms with Gasteiger partial charge in [-0.25, -0.2) is 19.9 Å². The lowest BCUT2D eigenvalue weighted by atomic mass is 9.76. The van der Waals surface area contributed by atoms with Crippen LogP contribution >= 0.6 is 0 Å². The van der Waals surface area contributed by atoms with Crippen LogP contribution in [0.5, 0.6) is 0 Å². The van der Waals surface area contributed by atoms with E-state index >= 15 is 0 Å². The molecule has 3 N–H and O–H groups in total. The van der Waals surface area contributed by atoms with Crippen LogP contribution in [-0.4, -0.2) is 69.0 Å². The Labute approximate surface area is 245 Å². The molecule has 1 unspecified atom stereocenters. The summed E-state index contributed by atoms with van der Waals surface area (Å²) in [6.45, 7) is 4.01. The maximum atomic E-state index is 6.51. The van der Waals surface area contributed by atoms with Gasteiger partial charge in [0.2, 0.25) is 5.95 Å². The minimum Gasteiger partial charge on any atom is -0.382 e. The fourth-order valence-electron chi connectivity index (χ4n) is 6.76. The maximum Gasteiger partial charge on any atom is 0.225 e. The molecule has 4 aliphatic rings. The number of hydrogen-bond acceptors (Lipinski definition) is 9. The minimum atomic E-state index is 0.148. The lowest BCUT2D eigenvalue weighted by Gasteiger charge is -2.49. The summed E-state index contributed by atoms with van der Waals surface area (Å²) >= 11 is 0. The summed E-state index contributed by atoms with van der Waals surface area (Å²) in [4.78, 5) is 25.6. The predicted molar refractivity (Wildman–Crippen MR) is 166 cm³/mol. The standard InChI is InChI=1S/C33H33N9/c34-31-30-29(24-8-7-23-9-10-27(38-28(23)21-24)22-5-2-1-3-6-22)39-32(42(30)14-13-35-31)25-19-26(20-25)40-15-17-41(18-16-40)33-36-11-4-12-37-33/h1-14,21,25-26,32,39H,15-20H2,(H2,34,35). The number of nitrogens with one attached hydrogen (secondary N) is 1. The zero-order valence-corrected chi connectivity index (χ0v) is 23.3. The third-order valence-corrected chi connectivity index (χ3v) is 9.08. The molecule has 4 aromatic rings. The first-order valence-electron chi connectivity index (χ1n) is 14.7. The molecule has 42 heavy (non-hydrogen) atoms. The van der Waals surface area contributed by atoms with Gasteiger partial charge in [-0.1, -0.05) is 48.5 Å². The molecule has 9 nitrogen and oxygen atoms in total. The van der Waals surface area contributed by atoms with Gasteiger partial charge >= 0.3 is 0 Å². The molecule has 1 saturated heterocycles. The zero-order chi connectivity index (χ0) is 28.0. The SMILES string of the molecule is NC1=NC=CN2C1=C(c1ccc3ccc(-c4ccccc4)nc3c1)NC2C1CC(N2CCN(c3ncccn3)CC2)C1. The molecule has 2 aromatic heterocycles. The molecule has 0 radical (unpaired) electrons. The second-order valence-corrected chi connectivity index (χ2v) is 11.5. The third-order valence-electron chi connectivity index (χ3n) is 9.08. The first-order chi connectivity index (χ1) is 20.7. The van der Waals surface area contributed by atoms with Crippen molar-refractivity contribution in [3.63, 3.8) is 0 Å². The van der Waals surface area contributed by atoms with Crippen molar-refractivity contribution in [3.05, 3.63) is 103 Å². The number of aliphatic imine (C=N–C) groups is 1. The second-order valence-electron chi connectivity index (χ2n) is 11.5. The molecule has 2 aromatic carbocycles. The van der Waals surface area contributed by atoms with E-state index in [9.17, 15) is 0 Å². The average molecular weight is 556 g/mol. The summed E-state index contributed by atoms with van der Waals surface area (Å²) in [5.41, 5.74) is 12.6. The van der Waals surface area contributed by atoms with Gasteiger partial charge in [-0.15, -0.1) is 0 Å². The van der Waals surface area contributed by atoms with Crippen LogP contribution in [0, 0.1) is 5.92 Å². The van der Waals surface area contributed by atoms with Crippen molar-refractivity contribution in [2.24, 2.45) is 16.6 Å². The Morgan fingerprint density at radius 1 is 0.833 bits per heavy atom. The molecule has 1 saturated carbocycles. The van der Waals surface area contributed by atoms with E-state index in [1.54, 1.807) is 0 Å². The summed E-state index contributed by atoms with van der Waals surface area (Å²) in [5, 5.41) is 4.98. The van der Waals surface area contributed by atoms with Gasteiger partial charge in [-0.05, 0) is 31.0 Å². The van der Waals surface area contributed by atoms with Crippen molar-refractivity contribution >= 4 is 28.4 Å². The van der Waals surface area contributed by atoms with Crippen molar-refractivity contribution in [1.82, 2.24) is 30.1 Å². The molecule has 0 spiro atoms. The molecule has 1 aliphatic carbocycles. The molecule has 5 heterocycles. The average Bonchev–Trinajstić information content (AvgIpc) is 3.41. The topological polar surface area (TPSA) is 98.8 Å². The maximum absolute atomic E-state index is 6.51. The van der Waals surface area contributed by atoms with E-state index in [1.165, 1.54) is 0 Å². The van der Waals surface area contributed by atoms with Crippen LogP contribution in [0.2, 0.25) is 0 Å². The number of piperazine rings is 1. The molecule has 8 rings (SSSR count). The Bertz CT molecular complexity index is 1700. The van der Waals surface area contributed by atoms with Gasteiger partial charge < -0.3 is 20.9 Å². The van der Waals surface area contributed by atoms with E-state index in [-0.39, 0.29) is 6.17 Å². The lowest BCUT2D eigenvalue weighted by molar-refractivity contribution is 0.0359. The van der Waals surface area contributed by atoms with Crippen molar-refractivity contribution in [2.45, 2.75) is 25.0 Å². The number of pyridine rings is 1. The second kappa shape index (κ2) is 10.3. The Morgan fingerprint density at radius 3 is 2.43 bits per heavy atom. The number of rotatable bonds is 5. The van der Waals surface area contributed by atoms with E-state index in [1.807, 2.05) is 42.9 Å². The Balaban J connectivity index is 0.996. The number of fused-ring (bicyclic) bond motifs is 2. The molecule has 2 fully saturated rings. The fraction of sp³-hybridized carbons (Fsp3) is 0.273. The van der Waals surface area contributed by atoms with Gasteiger partial charge in [0, 0.05) is 79.4 Å². The minimum absolute atomic E-state index is 0.148. The highest BCUT2D eigenvalue weighted by molar-refractivity contribution is 6.05. The molecular weight excluding hydrogens is 522 g/mol.